The molecule has 0 saturated heterocycles. The van der Waals surface area contributed by atoms with E-state index in [9.17, 15) is 0 Å². The van der Waals surface area contributed by atoms with Crippen molar-refractivity contribution in [2.24, 2.45) is 5.92 Å². The van der Waals surface area contributed by atoms with Gasteiger partial charge in [0.2, 0.25) is 0 Å². The second kappa shape index (κ2) is 23.8. The van der Waals surface area contributed by atoms with Crippen LogP contribution >= 0.6 is 11.6 Å². The molecule has 1 aliphatic heterocycles. The molecule has 2 unspecified atom stereocenters. The lowest BCUT2D eigenvalue weighted by Gasteiger charge is -2.25. The van der Waals surface area contributed by atoms with Gasteiger partial charge in [0.25, 0.3) is 0 Å². The molecule has 1 aliphatic carbocycles. The molecule has 3 nitrogen and oxygen atoms in total. The molecule has 2 aliphatic rings. The Labute approximate surface area is 247 Å². The highest BCUT2D eigenvalue weighted by atomic mass is 35.5. The van der Waals surface area contributed by atoms with E-state index in [2.05, 4.69) is 105 Å². The van der Waals surface area contributed by atoms with Crippen LogP contribution in [0.5, 0.6) is 0 Å². The van der Waals surface area contributed by atoms with E-state index in [1.54, 1.807) is 17.7 Å². The molecule has 0 aromatic rings. The van der Waals surface area contributed by atoms with Gasteiger partial charge < -0.3 is 4.90 Å². The summed E-state index contributed by atoms with van der Waals surface area (Å²) in [6.07, 6.45) is 30.4. The van der Waals surface area contributed by atoms with Gasteiger partial charge >= 0.3 is 0 Å². The molecule has 1 heterocycles. The fourth-order valence-corrected chi connectivity index (χ4v) is 4.45. The van der Waals surface area contributed by atoms with Gasteiger partial charge in [-0.15, -0.1) is 0 Å². The van der Waals surface area contributed by atoms with Crippen molar-refractivity contribution in [2.45, 2.75) is 100.0 Å². The number of nitrogens with zero attached hydrogens (tertiary/aromatic N) is 2. The first-order valence-electron chi connectivity index (χ1n) is 15.2. The lowest BCUT2D eigenvalue weighted by atomic mass is 10.0. The molecule has 0 aromatic heterocycles. The topological polar surface area (TPSA) is 18.5 Å². The van der Waals surface area contributed by atoms with Crippen LogP contribution in [0.15, 0.2) is 95.4 Å². The molecule has 0 saturated carbocycles. The molecule has 0 aromatic carbocycles. The minimum Gasteiger partial charge on any atom is -0.303 e. The van der Waals surface area contributed by atoms with Crippen molar-refractivity contribution in [3.63, 3.8) is 0 Å². The standard InChI is InChI=1S/C19H27ClN2.C14H25N.C2H6/c1-6-9-17(20)13-12-15(4)19-14-16(5)22(21-19)18(10-7-2)11-8-3;1-3-5-12-15(4-2)13-11-14-9-7-6-8-10-14;1-2/h6-7,9-15,19,21H,1,8H2,2-5H3;6-7,9H,3-5,8,10-13H2,1-2H3;1-2H3/b10-7-,13-12-,17-9+,18-11+;;. The van der Waals surface area contributed by atoms with E-state index in [-0.39, 0.29) is 6.04 Å². The normalized spacial score (nSPS) is 18.5. The number of hydrazine groups is 1. The largest absolute Gasteiger partial charge is 0.303 e. The Morgan fingerprint density at radius 1 is 1.23 bits per heavy atom. The number of hydrogen-bond acceptors (Lipinski definition) is 3. The second-order valence-corrected chi connectivity index (χ2v) is 10.1. The molecule has 0 spiro atoms. The first-order valence-corrected chi connectivity index (χ1v) is 15.6. The van der Waals surface area contributed by atoms with Gasteiger partial charge in [0.1, 0.15) is 0 Å². The molecule has 0 bridgehead atoms. The summed E-state index contributed by atoms with van der Waals surface area (Å²) in [5, 5.41) is 2.84. The Balaban J connectivity index is 0.000000740. The third-order valence-corrected chi connectivity index (χ3v) is 6.84. The van der Waals surface area contributed by atoms with Crippen molar-refractivity contribution in [1.29, 1.82) is 0 Å². The van der Waals surface area contributed by atoms with Gasteiger partial charge in [0.15, 0.2) is 0 Å². The van der Waals surface area contributed by atoms with Crippen LogP contribution in [0.1, 0.15) is 93.9 Å². The Kier molecular flexibility index (Phi) is 22.5. The second-order valence-electron chi connectivity index (χ2n) is 9.67. The predicted octanol–water partition coefficient (Wildman–Crippen LogP) is 10.3. The van der Waals surface area contributed by atoms with E-state index in [1.165, 1.54) is 63.1 Å². The van der Waals surface area contributed by atoms with Gasteiger partial charge in [-0.3, -0.25) is 5.01 Å². The zero-order valence-electron chi connectivity index (χ0n) is 26.3. The first kappa shape index (κ1) is 36.9. The maximum atomic E-state index is 6.06. The fraction of sp³-hybridized carbons (Fsp3) is 0.543. The van der Waals surface area contributed by atoms with Crippen molar-refractivity contribution in [1.82, 2.24) is 15.3 Å². The summed E-state index contributed by atoms with van der Waals surface area (Å²) in [4.78, 5) is 2.57. The Hall–Kier alpha value is -2.07. The molecule has 4 heteroatoms. The third kappa shape index (κ3) is 15.9. The summed E-state index contributed by atoms with van der Waals surface area (Å²) in [6, 6.07) is 0.259. The zero-order valence-corrected chi connectivity index (χ0v) is 27.1. The molecule has 2 atom stereocenters. The third-order valence-electron chi connectivity index (χ3n) is 6.59. The van der Waals surface area contributed by atoms with Gasteiger partial charge in [-0.05, 0) is 89.3 Å². The van der Waals surface area contributed by atoms with E-state index >= 15 is 0 Å². The van der Waals surface area contributed by atoms with Crippen LogP contribution < -0.4 is 5.43 Å². The summed E-state index contributed by atoms with van der Waals surface area (Å²) >= 11 is 6.06. The van der Waals surface area contributed by atoms with E-state index in [0.717, 1.165) is 6.42 Å². The Morgan fingerprint density at radius 3 is 2.54 bits per heavy atom. The number of unbranched alkanes of at least 4 members (excludes halogenated alkanes) is 1. The average molecular weight is 556 g/mol. The van der Waals surface area contributed by atoms with Crippen LogP contribution in [0, 0.1) is 5.92 Å². The molecule has 39 heavy (non-hydrogen) atoms. The van der Waals surface area contributed by atoms with Crippen molar-refractivity contribution >= 4 is 11.6 Å². The maximum absolute atomic E-state index is 6.06. The minimum absolute atomic E-state index is 0.259. The highest BCUT2D eigenvalue weighted by Gasteiger charge is 2.24. The molecular weight excluding hydrogens is 498 g/mol. The molecule has 0 amide bonds. The van der Waals surface area contributed by atoms with E-state index in [1.807, 2.05) is 26.8 Å². The van der Waals surface area contributed by atoms with Gasteiger partial charge in [-0.2, -0.15) is 0 Å². The lowest BCUT2D eigenvalue weighted by Crippen LogP contribution is -2.38. The number of allylic oxidation sites excluding steroid dienone is 11. The monoisotopic (exact) mass is 555 g/mol. The highest BCUT2D eigenvalue weighted by molar-refractivity contribution is 6.31. The Bertz CT molecular complexity index is 872. The molecule has 0 radical (unpaired) electrons. The number of halogens is 1. The van der Waals surface area contributed by atoms with Crippen LogP contribution in [0.25, 0.3) is 0 Å². The Morgan fingerprint density at radius 2 is 1.97 bits per heavy atom. The molecule has 0 fully saturated rings. The van der Waals surface area contributed by atoms with Gasteiger partial charge in [0.05, 0.1) is 11.7 Å². The maximum Gasteiger partial charge on any atom is 0.0530 e. The van der Waals surface area contributed by atoms with Gasteiger partial charge in [-0.1, -0.05) is 114 Å². The fourth-order valence-electron chi connectivity index (χ4n) is 4.29. The number of nitrogens with one attached hydrogen (secondary N) is 1. The quantitative estimate of drug-likeness (QED) is 0.215. The molecule has 2 rings (SSSR count). The highest BCUT2D eigenvalue weighted by Crippen LogP contribution is 2.23. The minimum atomic E-state index is 0.259. The van der Waals surface area contributed by atoms with E-state index in [0.29, 0.717) is 11.0 Å². The van der Waals surface area contributed by atoms with Crippen molar-refractivity contribution in [2.75, 3.05) is 19.6 Å². The lowest BCUT2D eigenvalue weighted by molar-refractivity contribution is 0.286. The van der Waals surface area contributed by atoms with E-state index in [4.69, 9.17) is 11.6 Å². The smallest absolute Gasteiger partial charge is 0.0530 e. The summed E-state index contributed by atoms with van der Waals surface area (Å²) in [5.41, 5.74) is 7.59. The van der Waals surface area contributed by atoms with Crippen LogP contribution in [0.3, 0.4) is 0 Å². The van der Waals surface area contributed by atoms with Crippen molar-refractivity contribution in [3.05, 3.63) is 95.4 Å². The number of hydrogen-bond donors (Lipinski definition) is 1. The summed E-state index contributed by atoms with van der Waals surface area (Å²) in [5.74, 6) is 0.334. The van der Waals surface area contributed by atoms with Crippen LogP contribution in [-0.4, -0.2) is 35.6 Å². The average Bonchev–Trinajstić information content (AvgIpc) is 3.35. The van der Waals surface area contributed by atoms with Crippen LogP contribution in [-0.2, 0) is 0 Å². The summed E-state index contributed by atoms with van der Waals surface area (Å²) in [7, 11) is 0. The van der Waals surface area contributed by atoms with Gasteiger partial charge in [-0.25, -0.2) is 5.43 Å². The molecule has 1 N–H and O–H groups in total. The van der Waals surface area contributed by atoms with Crippen molar-refractivity contribution < 1.29 is 0 Å². The van der Waals surface area contributed by atoms with Crippen LogP contribution in [0.2, 0.25) is 0 Å². The van der Waals surface area contributed by atoms with Crippen molar-refractivity contribution in [3.8, 4) is 0 Å². The van der Waals surface area contributed by atoms with Gasteiger partial charge in [0, 0.05) is 17.3 Å². The first-order chi connectivity index (χ1) is 18.9. The van der Waals surface area contributed by atoms with E-state index < -0.39 is 0 Å². The SMILES string of the molecule is C=C/C=C(Cl)\C=C/C(C)C1C=C(C)N(C(/C=C\C)=C/CC)N1.CC.CCCCN(CC)CCC1=CC=CCC1. The predicted molar refractivity (Wildman–Crippen MR) is 178 cm³/mol. The molecular formula is C35H58ClN3. The summed E-state index contributed by atoms with van der Waals surface area (Å²) in [6.45, 7) is 24.4. The van der Waals surface area contributed by atoms with Crippen LogP contribution in [0.4, 0.5) is 0 Å². The number of rotatable bonds is 14. The molecule has 220 valence electrons. The zero-order chi connectivity index (χ0) is 29.5. The summed E-state index contributed by atoms with van der Waals surface area (Å²) < 4.78 is 0.